The summed E-state index contributed by atoms with van der Waals surface area (Å²) in [6.45, 7) is 2.07. The largest absolute Gasteiger partial charge is 0.313 e. The molecule has 1 heterocycles. The van der Waals surface area contributed by atoms with Gasteiger partial charge in [0.2, 0.25) is 0 Å². The number of pyridine rings is 1. The Morgan fingerprint density at radius 2 is 2.42 bits per heavy atom. The lowest BCUT2D eigenvalue weighted by Gasteiger charge is -2.11. The predicted octanol–water partition coefficient (Wildman–Crippen LogP) is 1.34. The van der Waals surface area contributed by atoms with Crippen molar-refractivity contribution in [3.05, 3.63) is 29.6 Å². The van der Waals surface area contributed by atoms with Crippen LogP contribution in [0.25, 0.3) is 0 Å². The van der Waals surface area contributed by atoms with E-state index in [-0.39, 0.29) is 6.04 Å². The highest BCUT2D eigenvalue weighted by Gasteiger charge is 2.05. The minimum absolute atomic E-state index is 0.277. The second-order valence-electron chi connectivity index (χ2n) is 2.62. The zero-order valence-electron chi connectivity index (χ0n) is 7.33. The van der Waals surface area contributed by atoms with Gasteiger partial charge in [0.1, 0.15) is 0 Å². The highest BCUT2D eigenvalue weighted by Crippen LogP contribution is 2.14. The fourth-order valence-electron chi connectivity index (χ4n) is 1.06. The smallest absolute Gasteiger partial charge is 0.0473 e. The lowest BCUT2D eigenvalue weighted by Crippen LogP contribution is -2.13. The van der Waals surface area contributed by atoms with E-state index >= 15 is 0 Å². The van der Waals surface area contributed by atoms with Gasteiger partial charge in [-0.25, -0.2) is 0 Å². The maximum atomic E-state index is 5.33. The Morgan fingerprint density at radius 1 is 1.67 bits per heavy atom. The van der Waals surface area contributed by atoms with Gasteiger partial charge < -0.3 is 5.32 Å². The summed E-state index contributed by atoms with van der Waals surface area (Å²) in [6, 6.07) is 2.22. The van der Waals surface area contributed by atoms with Gasteiger partial charge in [0, 0.05) is 24.0 Å². The summed E-state index contributed by atoms with van der Waals surface area (Å²) in [5, 5.41) is 3.13. The first-order valence-corrected chi connectivity index (χ1v) is 3.87. The van der Waals surface area contributed by atoms with Crippen LogP contribution >= 0.6 is 0 Å². The molecular formula is C10H12N2. The maximum absolute atomic E-state index is 5.33. The summed E-state index contributed by atoms with van der Waals surface area (Å²) in [6.07, 6.45) is 8.79. The van der Waals surface area contributed by atoms with Gasteiger partial charge >= 0.3 is 0 Å². The van der Waals surface area contributed by atoms with Gasteiger partial charge in [-0.1, -0.05) is 5.92 Å². The molecular weight excluding hydrogens is 148 g/mol. The molecule has 1 N–H and O–H groups in total. The minimum Gasteiger partial charge on any atom is -0.313 e. The van der Waals surface area contributed by atoms with Gasteiger partial charge in [0.25, 0.3) is 0 Å². The van der Waals surface area contributed by atoms with Gasteiger partial charge in [-0.3, -0.25) is 4.98 Å². The summed E-state index contributed by atoms with van der Waals surface area (Å²) in [5.74, 6) is 2.61. The van der Waals surface area contributed by atoms with E-state index in [1.807, 2.05) is 13.1 Å². The molecule has 0 fully saturated rings. The van der Waals surface area contributed by atoms with E-state index in [9.17, 15) is 0 Å². The summed E-state index contributed by atoms with van der Waals surface area (Å²) in [4.78, 5) is 3.96. The second kappa shape index (κ2) is 3.89. The van der Waals surface area contributed by atoms with Crippen LogP contribution in [0.1, 0.15) is 24.1 Å². The van der Waals surface area contributed by atoms with E-state index in [2.05, 4.69) is 23.1 Å². The first-order valence-electron chi connectivity index (χ1n) is 3.87. The third-order valence-electron chi connectivity index (χ3n) is 1.91. The third-order valence-corrected chi connectivity index (χ3v) is 1.91. The van der Waals surface area contributed by atoms with Crippen LogP contribution in [0.5, 0.6) is 0 Å². The quantitative estimate of drug-likeness (QED) is 0.660. The topological polar surface area (TPSA) is 24.9 Å². The van der Waals surface area contributed by atoms with E-state index in [0.29, 0.717) is 0 Å². The Labute approximate surface area is 73.0 Å². The number of nitrogens with zero attached hydrogens (tertiary/aromatic N) is 1. The van der Waals surface area contributed by atoms with Crippen molar-refractivity contribution in [2.24, 2.45) is 0 Å². The molecule has 0 radical (unpaired) electrons. The van der Waals surface area contributed by atoms with E-state index in [1.165, 1.54) is 0 Å². The molecule has 0 saturated heterocycles. The van der Waals surface area contributed by atoms with Crippen LogP contribution in [0.3, 0.4) is 0 Å². The standard InChI is InChI=1S/C10H12N2/c1-4-9-7-12-6-5-10(9)8(2)11-3/h1,5-8,11H,2-3H3/t8-/m1/s1. The van der Waals surface area contributed by atoms with Crippen molar-refractivity contribution in [1.29, 1.82) is 0 Å². The summed E-state index contributed by atoms with van der Waals surface area (Å²) >= 11 is 0. The van der Waals surface area contributed by atoms with Gasteiger partial charge in [-0.15, -0.1) is 6.42 Å². The normalized spacial score (nSPS) is 12.1. The zero-order chi connectivity index (χ0) is 8.97. The van der Waals surface area contributed by atoms with E-state index < -0.39 is 0 Å². The molecule has 0 saturated carbocycles. The van der Waals surface area contributed by atoms with Crippen molar-refractivity contribution in [2.45, 2.75) is 13.0 Å². The van der Waals surface area contributed by atoms with Crippen LogP contribution < -0.4 is 5.32 Å². The Kier molecular flexibility index (Phi) is 2.84. The highest BCUT2D eigenvalue weighted by molar-refractivity contribution is 5.38. The molecule has 0 aromatic carbocycles. The first kappa shape index (κ1) is 8.76. The molecule has 0 spiro atoms. The minimum atomic E-state index is 0.277. The molecule has 2 heteroatoms. The first-order chi connectivity index (χ1) is 5.79. The molecule has 1 aromatic heterocycles. The third kappa shape index (κ3) is 1.63. The summed E-state index contributed by atoms with van der Waals surface area (Å²) in [7, 11) is 1.91. The van der Waals surface area contributed by atoms with Crippen molar-refractivity contribution >= 4 is 0 Å². The van der Waals surface area contributed by atoms with E-state index in [1.54, 1.807) is 12.4 Å². The van der Waals surface area contributed by atoms with Gasteiger partial charge in [-0.05, 0) is 25.6 Å². The molecule has 1 aromatic rings. The molecule has 0 aliphatic carbocycles. The van der Waals surface area contributed by atoms with Crippen molar-refractivity contribution in [3.63, 3.8) is 0 Å². The number of hydrogen-bond acceptors (Lipinski definition) is 2. The van der Waals surface area contributed by atoms with Crippen molar-refractivity contribution < 1.29 is 0 Å². The summed E-state index contributed by atoms with van der Waals surface area (Å²) < 4.78 is 0. The predicted molar refractivity (Wildman–Crippen MR) is 49.6 cm³/mol. The van der Waals surface area contributed by atoms with E-state index in [0.717, 1.165) is 11.1 Å². The van der Waals surface area contributed by atoms with Crippen LogP contribution in [0.15, 0.2) is 18.5 Å². The molecule has 2 nitrogen and oxygen atoms in total. The van der Waals surface area contributed by atoms with Crippen LogP contribution in [0.4, 0.5) is 0 Å². The molecule has 1 rings (SSSR count). The number of aromatic nitrogens is 1. The maximum Gasteiger partial charge on any atom is 0.0473 e. The van der Waals surface area contributed by atoms with Crippen molar-refractivity contribution in [1.82, 2.24) is 10.3 Å². The van der Waals surface area contributed by atoms with Crippen LogP contribution in [-0.4, -0.2) is 12.0 Å². The van der Waals surface area contributed by atoms with Gasteiger partial charge in [0.15, 0.2) is 0 Å². The fraction of sp³-hybridized carbons (Fsp3) is 0.300. The molecule has 62 valence electrons. The number of nitrogens with one attached hydrogen (secondary N) is 1. The van der Waals surface area contributed by atoms with Gasteiger partial charge in [-0.2, -0.15) is 0 Å². The zero-order valence-corrected chi connectivity index (χ0v) is 7.33. The van der Waals surface area contributed by atoms with Crippen molar-refractivity contribution in [3.8, 4) is 12.3 Å². The molecule has 1 atom stereocenters. The number of hydrogen-bond donors (Lipinski definition) is 1. The fourth-order valence-corrected chi connectivity index (χ4v) is 1.06. The monoisotopic (exact) mass is 160 g/mol. The average Bonchev–Trinajstić information content (AvgIpc) is 2.16. The second-order valence-corrected chi connectivity index (χ2v) is 2.62. The average molecular weight is 160 g/mol. The lowest BCUT2D eigenvalue weighted by atomic mass is 10.1. The Balaban J connectivity index is 3.07. The SMILES string of the molecule is C#Cc1cnccc1[C@@H](C)NC. The molecule has 12 heavy (non-hydrogen) atoms. The van der Waals surface area contributed by atoms with Crippen LogP contribution in [0, 0.1) is 12.3 Å². The molecule has 0 aliphatic heterocycles. The molecule has 0 aliphatic rings. The summed E-state index contributed by atoms with van der Waals surface area (Å²) in [5.41, 5.74) is 1.98. The lowest BCUT2D eigenvalue weighted by molar-refractivity contribution is 0.650. The van der Waals surface area contributed by atoms with E-state index in [4.69, 9.17) is 6.42 Å². The molecule has 0 bridgehead atoms. The van der Waals surface area contributed by atoms with Crippen LogP contribution in [0.2, 0.25) is 0 Å². The van der Waals surface area contributed by atoms with Crippen LogP contribution in [-0.2, 0) is 0 Å². The molecule has 0 amide bonds. The van der Waals surface area contributed by atoms with Crippen molar-refractivity contribution in [2.75, 3.05) is 7.05 Å². The Hall–Kier alpha value is -1.33. The molecule has 0 unspecified atom stereocenters. The number of terminal acetylenes is 1. The number of rotatable bonds is 2. The van der Waals surface area contributed by atoms with Gasteiger partial charge in [0.05, 0.1) is 0 Å². The highest BCUT2D eigenvalue weighted by atomic mass is 14.9. The Morgan fingerprint density at radius 3 is 3.00 bits per heavy atom. The Bertz CT molecular complexity index is 299.